The summed E-state index contributed by atoms with van der Waals surface area (Å²) in [5.41, 5.74) is 5.66. The van der Waals surface area contributed by atoms with E-state index in [0.717, 1.165) is 16.9 Å². The number of anilines is 2. The predicted molar refractivity (Wildman–Crippen MR) is 98.8 cm³/mol. The molecule has 0 aliphatic carbocycles. The molecule has 1 amide bonds. The number of aryl methyl sites for hydroxylation is 2. The van der Waals surface area contributed by atoms with Crippen molar-refractivity contribution in [2.45, 2.75) is 20.4 Å². The molecule has 0 bridgehead atoms. The number of hydrogen-bond donors (Lipinski definition) is 2. The van der Waals surface area contributed by atoms with Crippen LogP contribution in [0.3, 0.4) is 0 Å². The summed E-state index contributed by atoms with van der Waals surface area (Å²) in [5, 5.41) is 6.16. The minimum Gasteiger partial charge on any atom is -0.354 e. The highest BCUT2D eigenvalue weighted by Crippen LogP contribution is 2.19. The average Bonchev–Trinajstić information content (AvgIpc) is 2.64. The summed E-state index contributed by atoms with van der Waals surface area (Å²) in [5.74, 6) is -0.167. The first-order valence-electron chi connectivity index (χ1n) is 8.08. The summed E-state index contributed by atoms with van der Waals surface area (Å²) in [6.07, 6.45) is 6.70. The van der Waals surface area contributed by atoms with E-state index in [1.54, 1.807) is 30.9 Å². The van der Waals surface area contributed by atoms with Crippen molar-refractivity contribution in [2.24, 2.45) is 0 Å². The van der Waals surface area contributed by atoms with Gasteiger partial charge in [-0.2, -0.15) is 0 Å². The van der Waals surface area contributed by atoms with E-state index in [2.05, 4.69) is 46.6 Å². The van der Waals surface area contributed by atoms with Gasteiger partial charge in [-0.25, -0.2) is 0 Å². The molecule has 5 heteroatoms. The lowest BCUT2D eigenvalue weighted by molar-refractivity contribution is 0.0950. The number of amides is 1. The predicted octanol–water partition coefficient (Wildman–Crippen LogP) is 3.77. The normalized spacial score (nSPS) is 10.3. The number of carbonyl (C=O) groups is 1. The van der Waals surface area contributed by atoms with Gasteiger partial charge in [0.15, 0.2) is 0 Å². The van der Waals surface area contributed by atoms with Crippen molar-refractivity contribution in [1.29, 1.82) is 0 Å². The number of nitrogens with zero attached hydrogens (tertiary/aromatic N) is 2. The van der Waals surface area contributed by atoms with Gasteiger partial charge >= 0.3 is 0 Å². The maximum atomic E-state index is 12.3. The van der Waals surface area contributed by atoms with E-state index in [0.29, 0.717) is 12.1 Å². The van der Waals surface area contributed by atoms with Crippen molar-refractivity contribution in [3.8, 4) is 0 Å². The Morgan fingerprint density at radius 3 is 2.60 bits per heavy atom. The molecule has 25 heavy (non-hydrogen) atoms. The molecule has 0 fully saturated rings. The van der Waals surface area contributed by atoms with Crippen molar-refractivity contribution in [3.05, 3.63) is 83.4 Å². The van der Waals surface area contributed by atoms with Crippen molar-refractivity contribution in [3.63, 3.8) is 0 Å². The summed E-state index contributed by atoms with van der Waals surface area (Å²) < 4.78 is 0. The topological polar surface area (TPSA) is 66.9 Å². The third kappa shape index (κ3) is 4.41. The standard InChI is InChI=1S/C20H20N4O/c1-14-5-6-18(8-15(14)2)24-19-9-17(12-22-13-19)20(25)23-11-16-4-3-7-21-10-16/h3-10,12-13,24H,11H2,1-2H3,(H,23,25). The highest BCUT2D eigenvalue weighted by Gasteiger charge is 2.07. The van der Waals surface area contributed by atoms with Gasteiger partial charge in [-0.15, -0.1) is 0 Å². The van der Waals surface area contributed by atoms with Crippen LogP contribution in [0.5, 0.6) is 0 Å². The lowest BCUT2D eigenvalue weighted by Crippen LogP contribution is -2.23. The summed E-state index contributed by atoms with van der Waals surface area (Å²) in [6, 6.07) is 11.7. The molecule has 2 heterocycles. The van der Waals surface area contributed by atoms with Gasteiger partial charge in [0.05, 0.1) is 17.4 Å². The average molecular weight is 332 g/mol. The molecule has 2 aromatic heterocycles. The van der Waals surface area contributed by atoms with Crippen molar-refractivity contribution >= 4 is 17.3 Å². The van der Waals surface area contributed by atoms with E-state index in [4.69, 9.17) is 0 Å². The zero-order valence-electron chi connectivity index (χ0n) is 14.3. The Labute approximate surface area is 147 Å². The Hall–Kier alpha value is -3.21. The SMILES string of the molecule is Cc1ccc(Nc2cncc(C(=O)NCc3cccnc3)c2)cc1C. The van der Waals surface area contributed by atoms with E-state index >= 15 is 0 Å². The molecule has 0 saturated heterocycles. The Kier molecular flexibility index (Phi) is 5.04. The van der Waals surface area contributed by atoms with Crippen LogP contribution in [0.4, 0.5) is 11.4 Å². The first kappa shape index (κ1) is 16.6. The number of nitrogens with one attached hydrogen (secondary N) is 2. The maximum absolute atomic E-state index is 12.3. The maximum Gasteiger partial charge on any atom is 0.253 e. The lowest BCUT2D eigenvalue weighted by Gasteiger charge is -2.10. The lowest BCUT2D eigenvalue weighted by atomic mass is 10.1. The molecule has 0 aliphatic rings. The van der Waals surface area contributed by atoms with Gasteiger partial charge in [0.25, 0.3) is 5.91 Å². The minimum atomic E-state index is -0.167. The zero-order valence-corrected chi connectivity index (χ0v) is 14.3. The second-order valence-electron chi connectivity index (χ2n) is 5.93. The second-order valence-corrected chi connectivity index (χ2v) is 5.93. The van der Waals surface area contributed by atoms with Gasteiger partial charge in [-0.05, 0) is 54.8 Å². The van der Waals surface area contributed by atoms with Crippen LogP contribution in [-0.2, 0) is 6.54 Å². The van der Waals surface area contributed by atoms with Crippen LogP contribution in [-0.4, -0.2) is 15.9 Å². The Morgan fingerprint density at radius 2 is 1.84 bits per heavy atom. The van der Waals surface area contributed by atoms with E-state index < -0.39 is 0 Å². The molecule has 2 N–H and O–H groups in total. The fourth-order valence-electron chi connectivity index (χ4n) is 2.41. The van der Waals surface area contributed by atoms with Gasteiger partial charge in [-0.1, -0.05) is 12.1 Å². The van der Waals surface area contributed by atoms with E-state index in [1.165, 1.54) is 11.1 Å². The molecule has 0 radical (unpaired) electrons. The summed E-state index contributed by atoms with van der Waals surface area (Å²) in [4.78, 5) is 20.5. The third-order valence-corrected chi connectivity index (χ3v) is 3.97. The monoisotopic (exact) mass is 332 g/mol. The largest absolute Gasteiger partial charge is 0.354 e. The smallest absolute Gasteiger partial charge is 0.253 e. The molecule has 0 unspecified atom stereocenters. The van der Waals surface area contributed by atoms with Crippen LogP contribution in [0.1, 0.15) is 27.0 Å². The molecule has 5 nitrogen and oxygen atoms in total. The third-order valence-electron chi connectivity index (χ3n) is 3.97. The number of carbonyl (C=O) groups excluding carboxylic acids is 1. The summed E-state index contributed by atoms with van der Waals surface area (Å²) in [7, 11) is 0. The van der Waals surface area contributed by atoms with Crippen LogP contribution < -0.4 is 10.6 Å². The number of rotatable bonds is 5. The summed E-state index contributed by atoms with van der Waals surface area (Å²) in [6.45, 7) is 4.58. The highest BCUT2D eigenvalue weighted by atomic mass is 16.1. The van der Waals surface area contributed by atoms with Gasteiger partial charge in [0, 0.05) is 30.8 Å². The van der Waals surface area contributed by atoms with Crippen molar-refractivity contribution < 1.29 is 4.79 Å². The van der Waals surface area contributed by atoms with Crippen LogP contribution >= 0.6 is 0 Å². The van der Waals surface area contributed by atoms with Crippen LogP contribution in [0.2, 0.25) is 0 Å². The van der Waals surface area contributed by atoms with Gasteiger partial charge in [0.2, 0.25) is 0 Å². The number of hydrogen-bond acceptors (Lipinski definition) is 4. The van der Waals surface area contributed by atoms with Crippen LogP contribution in [0.15, 0.2) is 61.2 Å². The Balaban J connectivity index is 1.68. The molecule has 0 spiro atoms. The van der Waals surface area contributed by atoms with E-state index in [9.17, 15) is 4.79 Å². The fraction of sp³-hybridized carbons (Fsp3) is 0.150. The number of pyridine rings is 2. The Bertz CT molecular complexity index is 878. The van der Waals surface area contributed by atoms with Crippen molar-refractivity contribution in [1.82, 2.24) is 15.3 Å². The molecule has 126 valence electrons. The molecular formula is C20H20N4O. The molecule has 0 atom stereocenters. The number of aromatic nitrogens is 2. The quantitative estimate of drug-likeness (QED) is 0.746. The molecule has 0 aliphatic heterocycles. The zero-order chi connectivity index (χ0) is 17.6. The Morgan fingerprint density at radius 1 is 0.960 bits per heavy atom. The van der Waals surface area contributed by atoms with Crippen molar-refractivity contribution in [2.75, 3.05) is 5.32 Å². The van der Waals surface area contributed by atoms with E-state index in [1.807, 2.05) is 18.2 Å². The molecule has 3 aromatic rings. The van der Waals surface area contributed by atoms with E-state index in [-0.39, 0.29) is 5.91 Å². The van der Waals surface area contributed by atoms with Crippen LogP contribution in [0, 0.1) is 13.8 Å². The van der Waals surface area contributed by atoms with Gasteiger partial charge in [-0.3, -0.25) is 14.8 Å². The van der Waals surface area contributed by atoms with Crippen LogP contribution in [0.25, 0.3) is 0 Å². The first-order valence-corrected chi connectivity index (χ1v) is 8.08. The molecule has 1 aromatic carbocycles. The second kappa shape index (κ2) is 7.57. The number of benzene rings is 1. The summed E-state index contributed by atoms with van der Waals surface area (Å²) >= 11 is 0. The minimum absolute atomic E-state index is 0.167. The van der Waals surface area contributed by atoms with Gasteiger partial charge in [0.1, 0.15) is 0 Å². The highest BCUT2D eigenvalue weighted by molar-refractivity contribution is 5.94. The molecule has 3 rings (SSSR count). The molecule has 0 saturated carbocycles. The first-order chi connectivity index (χ1) is 12.1. The van der Waals surface area contributed by atoms with Gasteiger partial charge < -0.3 is 10.6 Å². The molecular weight excluding hydrogens is 312 g/mol. The fourth-order valence-corrected chi connectivity index (χ4v) is 2.41.